The molecule has 0 saturated carbocycles. The van der Waals surface area contributed by atoms with Crippen molar-refractivity contribution in [3.05, 3.63) is 35.9 Å². The van der Waals surface area contributed by atoms with Crippen molar-refractivity contribution >= 4 is 5.96 Å². The third-order valence-corrected chi connectivity index (χ3v) is 4.96. The van der Waals surface area contributed by atoms with Crippen LogP contribution in [0.4, 0.5) is 0 Å². The molecule has 3 rings (SSSR count). The maximum absolute atomic E-state index is 5.73. The minimum absolute atomic E-state index is 0.137. The molecule has 2 N–H and O–H groups in total. The number of hydrogen-bond acceptors (Lipinski definition) is 5. The van der Waals surface area contributed by atoms with Crippen molar-refractivity contribution in [1.29, 1.82) is 0 Å². The standard InChI is InChI=1S/C21H32N6O2/c1-5-19-26-25-15-27(19)10-9-23-20(22-6-2)24-14-21(3,4)16-7-8-17-18(13-16)29-12-11-28-17/h7-8,13,15H,5-6,9-12,14H2,1-4H3,(H2,22,23,24). The predicted octanol–water partition coefficient (Wildman–Crippen LogP) is 2.14. The second-order valence-corrected chi connectivity index (χ2v) is 7.66. The summed E-state index contributed by atoms with van der Waals surface area (Å²) in [5.74, 6) is 3.43. The van der Waals surface area contributed by atoms with E-state index in [0.29, 0.717) is 19.8 Å². The Bertz CT molecular complexity index is 830. The number of aryl methyl sites for hydroxylation is 1. The number of benzene rings is 1. The van der Waals surface area contributed by atoms with E-state index in [2.05, 4.69) is 65.2 Å². The Morgan fingerprint density at radius 2 is 1.97 bits per heavy atom. The van der Waals surface area contributed by atoms with Crippen LogP contribution in [-0.4, -0.2) is 53.6 Å². The monoisotopic (exact) mass is 400 g/mol. The Morgan fingerprint density at radius 1 is 1.17 bits per heavy atom. The first kappa shape index (κ1) is 21.0. The third kappa shape index (κ3) is 5.40. The average Bonchev–Trinajstić information content (AvgIpc) is 3.19. The Balaban J connectivity index is 1.62. The number of nitrogens with zero attached hydrogens (tertiary/aromatic N) is 4. The summed E-state index contributed by atoms with van der Waals surface area (Å²) in [6, 6.07) is 6.16. The second kappa shape index (κ2) is 9.62. The lowest BCUT2D eigenvalue weighted by Crippen LogP contribution is -2.40. The minimum Gasteiger partial charge on any atom is -0.486 e. The number of guanidine groups is 1. The number of hydrogen-bond donors (Lipinski definition) is 2. The molecule has 2 heterocycles. The Morgan fingerprint density at radius 3 is 2.72 bits per heavy atom. The van der Waals surface area contributed by atoms with Gasteiger partial charge in [-0.2, -0.15) is 0 Å². The summed E-state index contributed by atoms with van der Waals surface area (Å²) in [7, 11) is 0. The number of ether oxygens (including phenoxy) is 2. The van der Waals surface area contributed by atoms with Gasteiger partial charge in [0.1, 0.15) is 25.4 Å². The highest BCUT2D eigenvalue weighted by Gasteiger charge is 2.23. The second-order valence-electron chi connectivity index (χ2n) is 7.66. The first-order chi connectivity index (χ1) is 14.0. The van der Waals surface area contributed by atoms with Crippen LogP contribution in [0.2, 0.25) is 0 Å². The first-order valence-corrected chi connectivity index (χ1v) is 10.3. The highest BCUT2D eigenvalue weighted by molar-refractivity contribution is 5.79. The molecule has 8 heteroatoms. The summed E-state index contributed by atoms with van der Waals surface area (Å²) in [5.41, 5.74) is 1.04. The number of nitrogens with one attached hydrogen (secondary N) is 2. The molecule has 0 spiro atoms. The molecule has 2 aromatic rings. The van der Waals surface area contributed by atoms with Gasteiger partial charge in [-0.15, -0.1) is 10.2 Å². The lowest BCUT2D eigenvalue weighted by atomic mass is 9.84. The van der Waals surface area contributed by atoms with E-state index in [1.807, 2.05) is 6.07 Å². The summed E-state index contributed by atoms with van der Waals surface area (Å²) >= 11 is 0. The smallest absolute Gasteiger partial charge is 0.191 e. The van der Waals surface area contributed by atoms with Crippen LogP contribution < -0.4 is 20.1 Å². The third-order valence-electron chi connectivity index (χ3n) is 4.96. The fraction of sp³-hybridized carbons (Fsp3) is 0.571. The van der Waals surface area contributed by atoms with Gasteiger partial charge in [0.05, 0.1) is 6.54 Å². The highest BCUT2D eigenvalue weighted by atomic mass is 16.6. The van der Waals surface area contributed by atoms with Crippen molar-refractivity contribution in [3.63, 3.8) is 0 Å². The van der Waals surface area contributed by atoms with Crippen LogP contribution in [0.15, 0.2) is 29.5 Å². The molecule has 0 atom stereocenters. The van der Waals surface area contributed by atoms with Crippen LogP contribution in [0, 0.1) is 0 Å². The van der Waals surface area contributed by atoms with E-state index in [4.69, 9.17) is 14.5 Å². The van der Waals surface area contributed by atoms with E-state index < -0.39 is 0 Å². The number of fused-ring (bicyclic) bond motifs is 1. The van der Waals surface area contributed by atoms with Gasteiger partial charge in [-0.05, 0) is 24.6 Å². The van der Waals surface area contributed by atoms with E-state index in [1.165, 1.54) is 5.56 Å². The molecule has 1 aliphatic rings. The summed E-state index contributed by atoms with van der Waals surface area (Å²) in [5, 5.41) is 14.8. The zero-order valence-electron chi connectivity index (χ0n) is 17.9. The lowest BCUT2D eigenvalue weighted by molar-refractivity contribution is 0.171. The molecule has 1 aromatic heterocycles. The van der Waals surface area contributed by atoms with E-state index in [1.54, 1.807) is 6.33 Å². The molecule has 29 heavy (non-hydrogen) atoms. The van der Waals surface area contributed by atoms with Crippen molar-refractivity contribution in [1.82, 2.24) is 25.4 Å². The van der Waals surface area contributed by atoms with Gasteiger partial charge in [0.25, 0.3) is 0 Å². The minimum atomic E-state index is -0.137. The molecular weight excluding hydrogens is 368 g/mol. The molecule has 8 nitrogen and oxygen atoms in total. The Hall–Kier alpha value is -2.77. The maximum atomic E-state index is 5.73. The van der Waals surface area contributed by atoms with Crippen molar-refractivity contribution < 1.29 is 9.47 Å². The SMILES string of the molecule is CCNC(=NCC(C)(C)c1ccc2c(c1)OCCO2)NCCn1cnnc1CC. The number of aliphatic imine (C=N–C) groups is 1. The van der Waals surface area contributed by atoms with Crippen LogP contribution in [0.3, 0.4) is 0 Å². The van der Waals surface area contributed by atoms with Crippen molar-refractivity contribution in [2.75, 3.05) is 32.8 Å². The molecule has 158 valence electrons. The summed E-state index contributed by atoms with van der Waals surface area (Å²) < 4.78 is 13.4. The Labute approximate surface area is 172 Å². The fourth-order valence-corrected chi connectivity index (χ4v) is 3.21. The molecule has 0 aliphatic carbocycles. The average molecular weight is 401 g/mol. The van der Waals surface area contributed by atoms with Gasteiger partial charge in [-0.25, -0.2) is 0 Å². The van der Waals surface area contributed by atoms with Crippen LogP contribution in [0.25, 0.3) is 0 Å². The number of rotatable bonds is 8. The first-order valence-electron chi connectivity index (χ1n) is 10.3. The largest absolute Gasteiger partial charge is 0.486 e. The summed E-state index contributed by atoms with van der Waals surface area (Å²) in [4.78, 5) is 4.82. The van der Waals surface area contributed by atoms with Crippen LogP contribution in [0.5, 0.6) is 11.5 Å². The van der Waals surface area contributed by atoms with Gasteiger partial charge in [0.15, 0.2) is 17.5 Å². The molecule has 0 fully saturated rings. The van der Waals surface area contributed by atoms with Gasteiger partial charge in [-0.3, -0.25) is 4.99 Å². The van der Waals surface area contributed by atoms with Crippen molar-refractivity contribution in [2.45, 2.75) is 46.1 Å². The quantitative estimate of drug-likeness (QED) is 0.522. The molecule has 0 saturated heterocycles. The summed E-state index contributed by atoms with van der Waals surface area (Å²) in [6.07, 6.45) is 2.65. The van der Waals surface area contributed by atoms with Gasteiger partial charge in [0.2, 0.25) is 0 Å². The van der Waals surface area contributed by atoms with Crippen molar-refractivity contribution in [3.8, 4) is 11.5 Å². The van der Waals surface area contributed by atoms with Gasteiger partial charge in [0, 0.05) is 31.5 Å². The molecule has 0 radical (unpaired) electrons. The van der Waals surface area contributed by atoms with Gasteiger partial charge in [-0.1, -0.05) is 26.8 Å². The molecule has 1 aromatic carbocycles. The zero-order valence-corrected chi connectivity index (χ0v) is 17.9. The van der Waals surface area contributed by atoms with Crippen molar-refractivity contribution in [2.24, 2.45) is 4.99 Å². The zero-order chi connectivity index (χ0) is 20.7. The molecule has 0 unspecified atom stereocenters. The van der Waals surface area contributed by atoms with Gasteiger partial charge < -0.3 is 24.7 Å². The lowest BCUT2D eigenvalue weighted by Gasteiger charge is -2.26. The summed E-state index contributed by atoms with van der Waals surface area (Å²) in [6.45, 7) is 12.7. The topological polar surface area (TPSA) is 85.6 Å². The normalized spacial score (nSPS) is 14.0. The predicted molar refractivity (Wildman–Crippen MR) is 114 cm³/mol. The van der Waals surface area contributed by atoms with E-state index in [9.17, 15) is 0 Å². The fourth-order valence-electron chi connectivity index (χ4n) is 3.21. The number of aromatic nitrogens is 3. The van der Waals surface area contributed by atoms with E-state index in [0.717, 1.165) is 49.3 Å². The van der Waals surface area contributed by atoms with Crippen LogP contribution in [-0.2, 0) is 18.4 Å². The van der Waals surface area contributed by atoms with E-state index >= 15 is 0 Å². The molecule has 1 aliphatic heterocycles. The molecule has 0 bridgehead atoms. The maximum Gasteiger partial charge on any atom is 0.191 e. The van der Waals surface area contributed by atoms with Crippen LogP contribution >= 0.6 is 0 Å². The van der Waals surface area contributed by atoms with Crippen LogP contribution in [0.1, 0.15) is 39.1 Å². The van der Waals surface area contributed by atoms with E-state index in [-0.39, 0.29) is 5.41 Å². The molecule has 0 amide bonds. The molecular formula is C21H32N6O2. The van der Waals surface area contributed by atoms with Gasteiger partial charge >= 0.3 is 0 Å². The Kier molecular flexibility index (Phi) is 6.95. The highest BCUT2D eigenvalue weighted by Crippen LogP contribution is 2.35.